The normalized spacial score (nSPS) is 18.9. The van der Waals surface area contributed by atoms with Gasteiger partial charge in [0.25, 0.3) is 0 Å². The molecule has 1 atom stereocenters. The molecule has 0 bridgehead atoms. The molecule has 5 heteroatoms. The van der Waals surface area contributed by atoms with E-state index in [1.165, 1.54) is 0 Å². The van der Waals surface area contributed by atoms with Gasteiger partial charge in [-0.25, -0.2) is 4.79 Å². The molecule has 2 rings (SSSR count). The summed E-state index contributed by atoms with van der Waals surface area (Å²) in [4.78, 5) is 13.7. The van der Waals surface area contributed by atoms with Gasteiger partial charge in [-0.05, 0) is 51.5 Å². The van der Waals surface area contributed by atoms with E-state index in [-0.39, 0.29) is 12.1 Å². The summed E-state index contributed by atoms with van der Waals surface area (Å²) in [6.07, 6.45) is 0.683. The van der Waals surface area contributed by atoms with E-state index in [4.69, 9.17) is 10.5 Å². The number of carbonyl (C=O) groups is 1. The van der Waals surface area contributed by atoms with Crippen LogP contribution in [0.5, 0.6) is 0 Å². The highest BCUT2D eigenvalue weighted by Crippen LogP contribution is 2.19. The van der Waals surface area contributed by atoms with Crippen molar-refractivity contribution in [3.8, 4) is 0 Å². The third-order valence-electron chi connectivity index (χ3n) is 3.12. The van der Waals surface area contributed by atoms with E-state index >= 15 is 0 Å². The number of benzene rings is 1. The molecular formula is C15H23N3O2. The van der Waals surface area contributed by atoms with Crippen LogP contribution in [-0.4, -0.2) is 35.7 Å². The van der Waals surface area contributed by atoms with Crippen molar-refractivity contribution in [2.75, 3.05) is 24.1 Å². The van der Waals surface area contributed by atoms with Gasteiger partial charge in [-0.3, -0.25) is 0 Å². The molecule has 5 nitrogen and oxygen atoms in total. The highest BCUT2D eigenvalue weighted by atomic mass is 16.6. The van der Waals surface area contributed by atoms with Crippen LogP contribution < -0.4 is 11.1 Å². The van der Waals surface area contributed by atoms with Crippen molar-refractivity contribution in [3.63, 3.8) is 0 Å². The van der Waals surface area contributed by atoms with Crippen LogP contribution in [0, 0.1) is 0 Å². The third-order valence-corrected chi connectivity index (χ3v) is 3.12. The topological polar surface area (TPSA) is 67.6 Å². The van der Waals surface area contributed by atoms with Gasteiger partial charge in [-0.2, -0.15) is 0 Å². The first-order valence-corrected chi connectivity index (χ1v) is 6.93. The first-order valence-electron chi connectivity index (χ1n) is 6.93. The van der Waals surface area contributed by atoms with E-state index in [1.54, 1.807) is 4.90 Å². The van der Waals surface area contributed by atoms with Gasteiger partial charge in [0, 0.05) is 30.5 Å². The first-order chi connectivity index (χ1) is 9.33. The Morgan fingerprint density at radius 3 is 2.60 bits per heavy atom. The van der Waals surface area contributed by atoms with E-state index in [1.807, 2.05) is 45.0 Å². The number of anilines is 2. The van der Waals surface area contributed by atoms with Gasteiger partial charge in [0.1, 0.15) is 5.60 Å². The monoisotopic (exact) mass is 277 g/mol. The lowest BCUT2D eigenvalue weighted by Crippen LogP contribution is -2.36. The van der Waals surface area contributed by atoms with E-state index in [9.17, 15) is 4.79 Å². The summed E-state index contributed by atoms with van der Waals surface area (Å²) in [7, 11) is 0. The Hall–Kier alpha value is -1.91. The molecule has 0 aromatic heterocycles. The summed E-state index contributed by atoms with van der Waals surface area (Å²) in [6, 6.07) is 7.88. The molecule has 1 aromatic carbocycles. The van der Waals surface area contributed by atoms with E-state index in [0.29, 0.717) is 6.54 Å². The largest absolute Gasteiger partial charge is 0.444 e. The minimum absolute atomic E-state index is 0.237. The van der Waals surface area contributed by atoms with Crippen molar-refractivity contribution in [1.29, 1.82) is 0 Å². The number of nitrogens with two attached hydrogens (primary N) is 1. The van der Waals surface area contributed by atoms with Crippen LogP contribution in [0.2, 0.25) is 0 Å². The molecule has 1 saturated heterocycles. The van der Waals surface area contributed by atoms with Crippen LogP contribution in [0.1, 0.15) is 27.2 Å². The number of hydrogen-bond donors (Lipinski definition) is 2. The number of carbonyl (C=O) groups excluding carboxylic acids is 1. The maximum absolute atomic E-state index is 12.0. The second kappa shape index (κ2) is 5.61. The Morgan fingerprint density at radius 2 is 2.00 bits per heavy atom. The predicted octanol–water partition coefficient (Wildman–Crippen LogP) is 2.69. The quantitative estimate of drug-likeness (QED) is 0.816. The van der Waals surface area contributed by atoms with Gasteiger partial charge >= 0.3 is 6.09 Å². The van der Waals surface area contributed by atoms with Crippen LogP contribution in [0.4, 0.5) is 16.2 Å². The van der Waals surface area contributed by atoms with Crippen LogP contribution >= 0.6 is 0 Å². The van der Waals surface area contributed by atoms with Crippen molar-refractivity contribution in [3.05, 3.63) is 24.3 Å². The molecule has 1 fully saturated rings. The molecule has 1 amide bonds. The SMILES string of the molecule is CC(C)(C)OC(=O)N1CC[C@H](Nc2ccc(N)cc2)C1. The van der Waals surface area contributed by atoms with Crippen molar-refractivity contribution in [2.24, 2.45) is 0 Å². The molecule has 1 heterocycles. The maximum atomic E-state index is 12.0. The first kappa shape index (κ1) is 14.5. The number of amides is 1. The lowest BCUT2D eigenvalue weighted by molar-refractivity contribution is 0.0293. The fourth-order valence-corrected chi connectivity index (χ4v) is 2.19. The minimum Gasteiger partial charge on any atom is -0.444 e. The Balaban J connectivity index is 1.86. The van der Waals surface area contributed by atoms with Crippen molar-refractivity contribution >= 4 is 17.5 Å². The van der Waals surface area contributed by atoms with Gasteiger partial charge in [0.05, 0.1) is 0 Å². The molecular weight excluding hydrogens is 254 g/mol. The third kappa shape index (κ3) is 4.05. The zero-order chi connectivity index (χ0) is 14.8. The van der Waals surface area contributed by atoms with Gasteiger partial charge in [0.15, 0.2) is 0 Å². The fraction of sp³-hybridized carbons (Fsp3) is 0.533. The smallest absolute Gasteiger partial charge is 0.410 e. The molecule has 1 aliphatic heterocycles. The number of hydrogen-bond acceptors (Lipinski definition) is 4. The number of likely N-dealkylation sites (tertiary alicyclic amines) is 1. The molecule has 0 radical (unpaired) electrons. The second-order valence-electron chi connectivity index (χ2n) is 6.18. The molecule has 3 N–H and O–H groups in total. The summed E-state index contributed by atoms with van der Waals surface area (Å²) in [5.74, 6) is 0. The molecule has 0 unspecified atom stereocenters. The highest BCUT2D eigenvalue weighted by molar-refractivity contribution is 5.68. The minimum atomic E-state index is -0.445. The molecule has 1 aromatic rings. The zero-order valence-electron chi connectivity index (χ0n) is 12.3. The number of nitrogen functional groups attached to an aromatic ring is 1. The lowest BCUT2D eigenvalue weighted by Gasteiger charge is -2.24. The summed E-state index contributed by atoms with van der Waals surface area (Å²) in [6.45, 7) is 7.03. The predicted molar refractivity (Wildman–Crippen MR) is 80.7 cm³/mol. The number of nitrogens with one attached hydrogen (secondary N) is 1. The van der Waals surface area contributed by atoms with Crippen molar-refractivity contribution in [1.82, 2.24) is 4.90 Å². The van der Waals surface area contributed by atoms with Gasteiger partial charge in [0.2, 0.25) is 0 Å². The fourth-order valence-electron chi connectivity index (χ4n) is 2.19. The van der Waals surface area contributed by atoms with E-state index < -0.39 is 5.60 Å². The molecule has 0 saturated carbocycles. The van der Waals surface area contributed by atoms with Gasteiger partial charge in [-0.15, -0.1) is 0 Å². The molecule has 0 aliphatic carbocycles. The zero-order valence-corrected chi connectivity index (χ0v) is 12.3. The maximum Gasteiger partial charge on any atom is 0.410 e. The van der Waals surface area contributed by atoms with Crippen LogP contribution in [0.25, 0.3) is 0 Å². The summed E-state index contributed by atoms with van der Waals surface area (Å²) in [5, 5.41) is 3.41. The van der Waals surface area contributed by atoms with Gasteiger partial charge in [-0.1, -0.05) is 0 Å². The number of nitrogens with zero attached hydrogens (tertiary/aromatic N) is 1. The Kier molecular flexibility index (Phi) is 4.06. The Morgan fingerprint density at radius 1 is 1.35 bits per heavy atom. The molecule has 20 heavy (non-hydrogen) atoms. The number of rotatable bonds is 2. The second-order valence-corrected chi connectivity index (χ2v) is 6.18. The summed E-state index contributed by atoms with van der Waals surface area (Å²) in [5.41, 5.74) is 6.98. The lowest BCUT2D eigenvalue weighted by atomic mass is 10.2. The molecule has 1 aliphatic rings. The van der Waals surface area contributed by atoms with Gasteiger partial charge < -0.3 is 20.7 Å². The number of ether oxygens (including phenoxy) is 1. The van der Waals surface area contributed by atoms with Crippen molar-refractivity contribution in [2.45, 2.75) is 38.8 Å². The van der Waals surface area contributed by atoms with E-state index in [0.717, 1.165) is 24.3 Å². The van der Waals surface area contributed by atoms with E-state index in [2.05, 4.69) is 5.32 Å². The molecule has 0 spiro atoms. The van der Waals surface area contributed by atoms with Crippen LogP contribution in [0.15, 0.2) is 24.3 Å². The Labute approximate surface area is 120 Å². The average Bonchev–Trinajstić information content (AvgIpc) is 2.79. The Bertz CT molecular complexity index is 465. The summed E-state index contributed by atoms with van der Waals surface area (Å²) >= 11 is 0. The van der Waals surface area contributed by atoms with Crippen molar-refractivity contribution < 1.29 is 9.53 Å². The summed E-state index contributed by atoms with van der Waals surface area (Å²) < 4.78 is 5.38. The average molecular weight is 277 g/mol. The van der Waals surface area contributed by atoms with Crippen LogP contribution in [-0.2, 0) is 4.74 Å². The molecule has 110 valence electrons. The van der Waals surface area contributed by atoms with Crippen LogP contribution in [0.3, 0.4) is 0 Å². The standard InChI is InChI=1S/C15H23N3O2/c1-15(2,3)20-14(19)18-9-8-13(10-18)17-12-6-4-11(16)5-7-12/h4-7,13,17H,8-10,16H2,1-3H3/t13-/m0/s1. The highest BCUT2D eigenvalue weighted by Gasteiger charge is 2.29.